The molecule has 2 heteroatoms. The maximum Gasteiger partial charge on any atom is 0 e. The van der Waals surface area contributed by atoms with Crippen LogP contribution in [0.1, 0.15) is 48.0 Å². The zero-order chi connectivity index (χ0) is 9.71. The van der Waals surface area contributed by atoms with Gasteiger partial charge in [-0.15, -0.1) is 5.54 Å². The average Bonchev–Trinajstić information content (AvgIpc) is 1.59. The van der Waals surface area contributed by atoms with Crippen molar-refractivity contribution in [3.8, 4) is 0 Å². The van der Waals surface area contributed by atoms with Gasteiger partial charge >= 0.3 is 0 Å². The first-order valence-electron chi connectivity index (χ1n) is 4.10. The normalized spacial score (nSPS) is 11.0. The van der Waals surface area contributed by atoms with Crippen LogP contribution in [-0.2, 0) is 32.7 Å². The maximum absolute atomic E-state index is 6.94. The fourth-order valence-electron chi connectivity index (χ4n) is 0. The van der Waals surface area contributed by atoms with Gasteiger partial charge in [-0.3, -0.25) is 0 Å². The van der Waals surface area contributed by atoms with E-state index in [0.717, 1.165) is 6.42 Å². The third kappa shape index (κ3) is 67.9. The van der Waals surface area contributed by atoms with Crippen LogP contribution >= 0.6 is 0 Å². The summed E-state index contributed by atoms with van der Waals surface area (Å²) in [6.45, 7) is 15.9. The molecule has 0 atom stereocenters. The van der Waals surface area contributed by atoms with E-state index in [-0.39, 0.29) is 38.2 Å². The second-order valence-electron chi connectivity index (χ2n) is 5.06. The first-order valence-corrected chi connectivity index (χ1v) is 4.10. The fourth-order valence-corrected chi connectivity index (χ4v) is 0. The van der Waals surface area contributed by atoms with Crippen LogP contribution in [0.15, 0.2) is 0 Å². The van der Waals surface area contributed by atoms with E-state index in [1.807, 2.05) is 20.8 Å². The van der Waals surface area contributed by atoms with Crippen molar-refractivity contribution in [1.29, 1.82) is 0 Å². The Morgan fingerprint density at radius 2 is 1.08 bits per heavy atom. The third-order valence-corrected chi connectivity index (χ3v) is 0.750. The zero-order valence-electron chi connectivity index (χ0n) is 9.49. The number of rotatable bonds is 0. The van der Waals surface area contributed by atoms with Crippen molar-refractivity contribution in [1.82, 2.24) is 0 Å². The molecule has 0 aliphatic heterocycles. The maximum atomic E-state index is 6.94. The van der Waals surface area contributed by atoms with Gasteiger partial charge in [0.25, 0.3) is 0 Å². The molecule has 0 fully saturated rings. The molecule has 0 rings (SSSR count). The molecule has 1 radical (unpaired) electrons. The molecule has 0 bridgehead atoms. The molecule has 0 spiro atoms. The van der Waals surface area contributed by atoms with E-state index in [1.54, 1.807) is 0 Å². The molecule has 0 saturated carbocycles. The number of hydrogen-bond donors (Lipinski definition) is 0. The minimum Gasteiger partial charge on any atom is -0.673 e. The molecule has 0 amide bonds. The average molecular weight is 246 g/mol. The molecule has 0 saturated heterocycles. The van der Waals surface area contributed by atoms with Gasteiger partial charge in [-0.25, -0.2) is 0 Å². The van der Waals surface area contributed by atoms with E-state index in [1.165, 1.54) is 0 Å². The molecule has 1 nitrogen and oxygen atoms in total. The van der Waals surface area contributed by atoms with Crippen LogP contribution in [0, 0.1) is 12.3 Å². The molecule has 12 heavy (non-hydrogen) atoms. The van der Waals surface area contributed by atoms with Crippen molar-refractivity contribution in [2.45, 2.75) is 53.5 Å². The Bertz CT molecular complexity index is 81.0. The summed E-state index contributed by atoms with van der Waals surface area (Å²) < 4.78 is 0. The Balaban J connectivity index is -0.000000126. The van der Waals surface area contributed by atoms with Crippen molar-refractivity contribution >= 4 is 0 Å². The second kappa shape index (κ2) is 7.47. The van der Waals surface area contributed by atoms with Crippen molar-refractivity contribution in [3.63, 3.8) is 0 Å². The van der Waals surface area contributed by atoms with E-state index in [0.29, 0.717) is 5.41 Å². The molecular formula is C10H23NY-2. The Morgan fingerprint density at radius 3 is 1.08 bits per heavy atom. The predicted octanol–water partition coefficient (Wildman–Crippen LogP) is 4.09. The van der Waals surface area contributed by atoms with E-state index >= 15 is 0 Å². The van der Waals surface area contributed by atoms with E-state index in [4.69, 9.17) is 5.73 Å². The van der Waals surface area contributed by atoms with E-state index in [9.17, 15) is 0 Å². The van der Waals surface area contributed by atoms with Crippen LogP contribution in [-0.4, -0.2) is 5.54 Å². The molecule has 0 aromatic heterocycles. The largest absolute Gasteiger partial charge is 0.673 e. The first kappa shape index (κ1) is 18.8. The topological polar surface area (TPSA) is 23.8 Å². The molecule has 0 aliphatic rings. The Kier molecular flexibility index (Phi) is 11.7. The summed E-state index contributed by atoms with van der Waals surface area (Å²) in [5.74, 6) is 0. The summed E-state index contributed by atoms with van der Waals surface area (Å²) >= 11 is 0. The van der Waals surface area contributed by atoms with E-state index < -0.39 is 0 Å². The van der Waals surface area contributed by atoms with Gasteiger partial charge in [0.15, 0.2) is 0 Å². The minimum absolute atomic E-state index is 0. The molecular weight excluding hydrogens is 223 g/mol. The quantitative estimate of drug-likeness (QED) is 0.575. The Morgan fingerprint density at radius 1 is 1.00 bits per heavy atom. The molecule has 0 heterocycles. The molecule has 0 aromatic carbocycles. The summed E-state index contributed by atoms with van der Waals surface area (Å²) in [5.41, 5.74) is 7.12. The van der Waals surface area contributed by atoms with Gasteiger partial charge in [0.1, 0.15) is 0 Å². The van der Waals surface area contributed by atoms with E-state index in [2.05, 4.69) is 27.7 Å². The summed E-state index contributed by atoms with van der Waals surface area (Å²) in [6.07, 6.45) is 1.02. The van der Waals surface area contributed by atoms with Crippen molar-refractivity contribution in [2.75, 3.05) is 0 Å². The van der Waals surface area contributed by atoms with Gasteiger partial charge in [-0.1, -0.05) is 47.0 Å². The van der Waals surface area contributed by atoms with Gasteiger partial charge in [0.2, 0.25) is 0 Å². The third-order valence-electron chi connectivity index (χ3n) is 0.750. The molecule has 73 valence electrons. The number of nitrogens with one attached hydrogen (secondary N) is 1. The Labute approximate surface area is 104 Å². The monoisotopic (exact) mass is 246 g/mol. The van der Waals surface area contributed by atoms with Crippen LogP contribution in [0.4, 0.5) is 0 Å². The van der Waals surface area contributed by atoms with Crippen LogP contribution in [0.2, 0.25) is 0 Å². The van der Waals surface area contributed by atoms with Crippen LogP contribution in [0.25, 0.3) is 5.73 Å². The second-order valence-corrected chi connectivity index (χ2v) is 5.06. The first-order chi connectivity index (χ1) is 4.56. The molecule has 0 aromatic rings. The summed E-state index contributed by atoms with van der Waals surface area (Å²) in [7, 11) is 0. The van der Waals surface area contributed by atoms with Crippen molar-refractivity contribution in [3.05, 3.63) is 12.7 Å². The van der Waals surface area contributed by atoms with Gasteiger partial charge in [-0.2, -0.15) is 6.42 Å². The van der Waals surface area contributed by atoms with Crippen LogP contribution in [0.5, 0.6) is 0 Å². The van der Waals surface area contributed by atoms with Crippen molar-refractivity contribution in [2.24, 2.45) is 5.41 Å². The van der Waals surface area contributed by atoms with Gasteiger partial charge < -0.3 is 12.7 Å². The smallest absolute Gasteiger partial charge is 0 e. The summed E-state index contributed by atoms with van der Waals surface area (Å²) in [4.78, 5) is 0. The van der Waals surface area contributed by atoms with Crippen LogP contribution in [0.3, 0.4) is 0 Å². The standard InChI is InChI=1S/C6H13.C4H10N.Y/c1-5-6(2,3)4;1-4(2,3)5;/h1,5H2,2-4H3;5H,1-3H3;/q2*-1;. The van der Waals surface area contributed by atoms with Gasteiger partial charge in [0, 0.05) is 32.7 Å². The SMILES string of the molecule is CC(C)(C)[NH-].[CH2-]CC(C)(C)C.[Y]. The minimum atomic E-state index is -0.250. The zero-order valence-corrected chi connectivity index (χ0v) is 12.3. The van der Waals surface area contributed by atoms with Crippen LogP contribution < -0.4 is 0 Å². The molecule has 0 aliphatic carbocycles. The fraction of sp³-hybridized carbons (Fsp3) is 0.900. The number of hydrogen-bond acceptors (Lipinski definition) is 0. The summed E-state index contributed by atoms with van der Waals surface area (Å²) in [6, 6.07) is 0. The van der Waals surface area contributed by atoms with Gasteiger partial charge in [-0.05, 0) is 0 Å². The molecule has 0 unspecified atom stereocenters. The molecule has 1 N–H and O–H groups in total. The predicted molar refractivity (Wildman–Crippen MR) is 53.5 cm³/mol. The van der Waals surface area contributed by atoms with Gasteiger partial charge in [0.05, 0.1) is 0 Å². The van der Waals surface area contributed by atoms with Crippen molar-refractivity contribution < 1.29 is 32.7 Å². The summed E-state index contributed by atoms with van der Waals surface area (Å²) in [5, 5.41) is 0. The Hall–Kier alpha value is 1.06.